The monoisotopic (exact) mass is 310 g/mol. The number of rotatable bonds is 3. The summed E-state index contributed by atoms with van der Waals surface area (Å²) in [5.41, 5.74) is 6.38. The van der Waals surface area contributed by atoms with Gasteiger partial charge in [0.2, 0.25) is 0 Å². The Morgan fingerprint density at radius 3 is 2.95 bits per heavy atom. The lowest BCUT2D eigenvalue weighted by molar-refractivity contribution is 0.211. The molecule has 0 spiro atoms. The quantitative estimate of drug-likeness (QED) is 0.933. The number of anilines is 1. The van der Waals surface area contributed by atoms with E-state index in [1.54, 1.807) is 6.07 Å². The fourth-order valence-electron chi connectivity index (χ4n) is 2.16. The Kier molecular flexibility index (Phi) is 4.08. The van der Waals surface area contributed by atoms with Crippen molar-refractivity contribution in [1.82, 2.24) is 5.16 Å². The average Bonchev–Trinajstić information content (AvgIpc) is 2.89. The number of hydrogen-bond acceptors (Lipinski definition) is 5. The van der Waals surface area contributed by atoms with Gasteiger partial charge in [0.25, 0.3) is 0 Å². The lowest BCUT2D eigenvalue weighted by atomic mass is 10.1. The molecule has 1 aromatic heterocycles. The molecule has 4 nitrogen and oxygen atoms in total. The maximum atomic E-state index is 6.28. The molecule has 2 N–H and O–H groups in total. The van der Waals surface area contributed by atoms with Crippen LogP contribution >= 0.6 is 23.4 Å². The van der Waals surface area contributed by atoms with Crippen LogP contribution in [-0.2, 0) is 0 Å². The zero-order valence-electron chi connectivity index (χ0n) is 10.8. The summed E-state index contributed by atoms with van der Waals surface area (Å²) in [4.78, 5) is 0. The summed E-state index contributed by atoms with van der Waals surface area (Å²) in [5, 5.41) is 4.24. The van der Waals surface area contributed by atoms with E-state index < -0.39 is 0 Å². The Morgan fingerprint density at radius 2 is 2.30 bits per heavy atom. The van der Waals surface area contributed by atoms with Crippen molar-refractivity contribution >= 4 is 29.2 Å². The van der Waals surface area contributed by atoms with Crippen LogP contribution in [0.5, 0.6) is 5.75 Å². The molecule has 1 aromatic carbocycles. The largest absolute Gasteiger partial charge is 0.488 e. The Hall–Kier alpha value is -1.33. The van der Waals surface area contributed by atoms with Crippen molar-refractivity contribution in [1.29, 1.82) is 0 Å². The zero-order valence-corrected chi connectivity index (χ0v) is 12.4. The van der Waals surface area contributed by atoms with Crippen molar-refractivity contribution in [2.24, 2.45) is 0 Å². The first-order valence-corrected chi connectivity index (χ1v) is 8.02. The molecule has 0 radical (unpaired) electrons. The summed E-state index contributed by atoms with van der Waals surface area (Å²) in [6.45, 7) is 0. The fourth-order valence-corrected chi connectivity index (χ4v) is 3.42. The zero-order chi connectivity index (χ0) is 13.9. The number of halogens is 1. The molecule has 1 aliphatic heterocycles. The molecule has 0 bridgehead atoms. The highest BCUT2D eigenvalue weighted by Gasteiger charge is 2.17. The van der Waals surface area contributed by atoms with Gasteiger partial charge in [-0.3, -0.25) is 0 Å². The SMILES string of the molecule is Nc1cc(-c2ccc(OC3CCCSC3)c(Cl)c2)on1. The average molecular weight is 311 g/mol. The second kappa shape index (κ2) is 5.97. The summed E-state index contributed by atoms with van der Waals surface area (Å²) < 4.78 is 11.1. The molecule has 2 aromatic rings. The Labute approximate surface area is 126 Å². The second-order valence-corrected chi connectivity index (χ2v) is 6.28. The molecule has 1 atom stereocenters. The molecule has 3 rings (SSSR count). The third-order valence-corrected chi connectivity index (χ3v) is 4.64. The van der Waals surface area contributed by atoms with Crippen molar-refractivity contribution in [2.75, 3.05) is 17.2 Å². The number of ether oxygens (including phenoxy) is 1. The lowest BCUT2D eigenvalue weighted by Gasteiger charge is -2.23. The summed E-state index contributed by atoms with van der Waals surface area (Å²) in [6.07, 6.45) is 2.53. The highest BCUT2D eigenvalue weighted by Crippen LogP contribution is 2.33. The maximum Gasteiger partial charge on any atom is 0.169 e. The highest BCUT2D eigenvalue weighted by molar-refractivity contribution is 7.99. The van der Waals surface area contributed by atoms with E-state index >= 15 is 0 Å². The summed E-state index contributed by atoms with van der Waals surface area (Å²) in [7, 11) is 0. The standard InChI is InChI=1S/C14H15ClN2O2S/c15-11-6-9(13-7-14(16)17-19-13)3-4-12(11)18-10-2-1-5-20-8-10/h3-4,6-7,10H,1-2,5,8H2,(H2,16,17). The number of nitrogens with zero attached hydrogens (tertiary/aromatic N) is 1. The van der Waals surface area contributed by atoms with E-state index in [0.717, 1.165) is 23.5 Å². The van der Waals surface area contributed by atoms with Gasteiger partial charge in [0.15, 0.2) is 11.6 Å². The van der Waals surface area contributed by atoms with Crippen LogP contribution in [0.3, 0.4) is 0 Å². The molecule has 1 aliphatic rings. The number of aromatic nitrogens is 1. The van der Waals surface area contributed by atoms with E-state index in [0.29, 0.717) is 16.6 Å². The molecule has 1 saturated heterocycles. The molecule has 1 unspecified atom stereocenters. The van der Waals surface area contributed by atoms with Crippen LogP contribution < -0.4 is 10.5 Å². The summed E-state index contributed by atoms with van der Waals surface area (Å²) in [5.74, 6) is 3.92. The highest BCUT2D eigenvalue weighted by atomic mass is 35.5. The first-order valence-electron chi connectivity index (χ1n) is 6.49. The number of hydrogen-bond donors (Lipinski definition) is 1. The van der Waals surface area contributed by atoms with E-state index in [9.17, 15) is 0 Å². The van der Waals surface area contributed by atoms with Gasteiger partial charge in [-0.05, 0) is 36.8 Å². The van der Waals surface area contributed by atoms with E-state index in [1.165, 1.54) is 12.2 Å². The number of thioether (sulfide) groups is 1. The molecule has 0 amide bonds. The molecule has 0 aliphatic carbocycles. The predicted octanol–water partition coefficient (Wildman–Crippen LogP) is 3.85. The number of nitrogen functional groups attached to an aromatic ring is 1. The molecule has 6 heteroatoms. The van der Waals surface area contributed by atoms with Crippen LogP contribution in [0, 0.1) is 0 Å². The molecule has 1 fully saturated rings. The molecule has 106 valence electrons. The van der Waals surface area contributed by atoms with E-state index in [2.05, 4.69) is 5.16 Å². The van der Waals surface area contributed by atoms with Crippen molar-refractivity contribution in [2.45, 2.75) is 18.9 Å². The fraction of sp³-hybridized carbons (Fsp3) is 0.357. The van der Waals surface area contributed by atoms with E-state index in [-0.39, 0.29) is 6.10 Å². The maximum absolute atomic E-state index is 6.28. The second-order valence-electron chi connectivity index (χ2n) is 4.72. The van der Waals surface area contributed by atoms with Gasteiger partial charge in [-0.1, -0.05) is 16.8 Å². The van der Waals surface area contributed by atoms with Crippen LogP contribution in [0.1, 0.15) is 12.8 Å². The van der Waals surface area contributed by atoms with E-state index in [1.807, 2.05) is 30.0 Å². The van der Waals surface area contributed by atoms with Crippen molar-refractivity contribution < 1.29 is 9.26 Å². The van der Waals surface area contributed by atoms with Crippen LogP contribution in [0.15, 0.2) is 28.8 Å². The molecule has 20 heavy (non-hydrogen) atoms. The van der Waals surface area contributed by atoms with Gasteiger partial charge in [-0.2, -0.15) is 11.8 Å². The van der Waals surface area contributed by atoms with Crippen molar-refractivity contribution in [3.8, 4) is 17.1 Å². The minimum Gasteiger partial charge on any atom is -0.488 e. The van der Waals surface area contributed by atoms with E-state index in [4.69, 9.17) is 26.6 Å². The normalized spacial score (nSPS) is 18.9. The third-order valence-electron chi connectivity index (χ3n) is 3.16. The van der Waals surface area contributed by atoms with Crippen molar-refractivity contribution in [3.63, 3.8) is 0 Å². The molecule has 0 saturated carbocycles. The van der Waals surface area contributed by atoms with Gasteiger partial charge in [-0.15, -0.1) is 0 Å². The smallest absolute Gasteiger partial charge is 0.169 e. The number of benzene rings is 1. The third kappa shape index (κ3) is 3.04. The van der Waals surface area contributed by atoms with Crippen LogP contribution in [0.25, 0.3) is 11.3 Å². The van der Waals surface area contributed by atoms with Gasteiger partial charge in [0.05, 0.1) is 5.02 Å². The Morgan fingerprint density at radius 1 is 1.40 bits per heavy atom. The van der Waals surface area contributed by atoms with Gasteiger partial charge < -0.3 is 15.0 Å². The molecule has 2 heterocycles. The molecular formula is C14H15ClN2O2S. The Bertz CT molecular complexity index is 597. The topological polar surface area (TPSA) is 61.3 Å². The van der Waals surface area contributed by atoms with Crippen LogP contribution in [0.4, 0.5) is 5.82 Å². The van der Waals surface area contributed by atoms with Gasteiger partial charge >= 0.3 is 0 Å². The van der Waals surface area contributed by atoms with Gasteiger partial charge in [-0.25, -0.2) is 0 Å². The van der Waals surface area contributed by atoms with Gasteiger partial charge in [0.1, 0.15) is 11.9 Å². The minimum atomic E-state index is 0.248. The first-order chi connectivity index (χ1) is 9.72. The molecular weight excluding hydrogens is 296 g/mol. The number of nitrogens with two attached hydrogens (primary N) is 1. The van der Waals surface area contributed by atoms with Gasteiger partial charge in [0, 0.05) is 17.4 Å². The van der Waals surface area contributed by atoms with Crippen LogP contribution in [-0.4, -0.2) is 22.8 Å². The Balaban J connectivity index is 1.76. The van der Waals surface area contributed by atoms with Crippen LogP contribution in [0.2, 0.25) is 5.02 Å². The predicted molar refractivity (Wildman–Crippen MR) is 82.3 cm³/mol. The van der Waals surface area contributed by atoms with Crippen molar-refractivity contribution in [3.05, 3.63) is 29.3 Å². The summed E-state index contributed by atoms with van der Waals surface area (Å²) >= 11 is 8.21. The summed E-state index contributed by atoms with van der Waals surface area (Å²) in [6, 6.07) is 7.25. The first kappa shape index (κ1) is 13.6. The lowest BCUT2D eigenvalue weighted by Crippen LogP contribution is -2.23. The minimum absolute atomic E-state index is 0.248.